The van der Waals surface area contributed by atoms with Crippen LogP contribution in [-0.4, -0.2) is 30.3 Å². The average molecular weight is 300 g/mol. The lowest BCUT2D eigenvalue weighted by Gasteiger charge is -2.16. The molecule has 0 aliphatic carbocycles. The first-order chi connectivity index (χ1) is 9.06. The number of allylic oxidation sites excluding steroid dienone is 1. The molecule has 0 fully saturated rings. The van der Waals surface area contributed by atoms with Crippen LogP contribution in [0, 0.1) is 0 Å². The molecule has 104 valence electrons. The van der Waals surface area contributed by atoms with Crippen molar-refractivity contribution in [3.8, 4) is 0 Å². The van der Waals surface area contributed by atoms with Crippen molar-refractivity contribution < 1.29 is 4.79 Å². The summed E-state index contributed by atoms with van der Waals surface area (Å²) in [7, 11) is 0. The van der Waals surface area contributed by atoms with E-state index in [9.17, 15) is 4.79 Å². The third kappa shape index (κ3) is 5.77. The molecular formula is C15H19Cl2NO. The summed E-state index contributed by atoms with van der Waals surface area (Å²) >= 11 is 11.7. The van der Waals surface area contributed by atoms with Crippen LogP contribution in [0.15, 0.2) is 24.3 Å². The third-order valence-electron chi connectivity index (χ3n) is 2.97. The van der Waals surface area contributed by atoms with Gasteiger partial charge >= 0.3 is 0 Å². The Morgan fingerprint density at radius 1 is 1.21 bits per heavy atom. The van der Waals surface area contributed by atoms with Gasteiger partial charge in [-0.3, -0.25) is 4.79 Å². The second-order valence-corrected chi connectivity index (χ2v) is 5.06. The number of hydrogen-bond acceptors (Lipinski definition) is 2. The SMILES string of the molecule is CCN(CC)CCC(=O)/C=C/c1ccc(Cl)c(Cl)c1. The highest BCUT2D eigenvalue weighted by Gasteiger charge is 2.03. The van der Waals surface area contributed by atoms with E-state index >= 15 is 0 Å². The molecule has 0 radical (unpaired) electrons. The molecule has 0 aliphatic rings. The van der Waals surface area contributed by atoms with Crippen molar-refractivity contribution in [2.75, 3.05) is 19.6 Å². The molecule has 2 nitrogen and oxygen atoms in total. The maximum atomic E-state index is 11.7. The maximum absolute atomic E-state index is 11.7. The highest BCUT2D eigenvalue weighted by Crippen LogP contribution is 2.23. The number of benzene rings is 1. The topological polar surface area (TPSA) is 20.3 Å². The zero-order valence-corrected chi connectivity index (χ0v) is 12.8. The second kappa shape index (κ2) is 8.36. The first-order valence-electron chi connectivity index (χ1n) is 6.45. The minimum atomic E-state index is 0.123. The minimum absolute atomic E-state index is 0.123. The molecule has 0 aliphatic heterocycles. The van der Waals surface area contributed by atoms with Gasteiger partial charge in [0.2, 0.25) is 0 Å². The van der Waals surface area contributed by atoms with Crippen molar-refractivity contribution in [1.82, 2.24) is 4.90 Å². The van der Waals surface area contributed by atoms with Gasteiger partial charge in [0.15, 0.2) is 5.78 Å². The second-order valence-electron chi connectivity index (χ2n) is 4.25. The first kappa shape index (κ1) is 16.2. The van der Waals surface area contributed by atoms with Crippen molar-refractivity contribution in [1.29, 1.82) is 0 Å². The van der Waals surface area contributed by atoms with Crippen LogP contribution in [0.2, 0.25) is 10.0 Å². The standard InChI is InChI=1S/C15H19Cl2NO/c1-3-18(4-2)10-9-13(19)7-5-12-6-8-14(16)15(17)11-12/h5-8,11H,3-4,9-10H2,1-2H3/b7-5+. The lowest BCUT2D eigenvalue weighted by molar-refractivity contribution is -0.114. The molecule has 19 heavy (non-hydrogen) atoms. The van der Waals surface area contributed by atoms with Crippen molar-refractivity contribution >= 4 is 35.1 Å². The molecule has 0 aromatic heterocycles. The van der Waals surface area contributed by atoms with Crippen LogP contribution >= 0.6 is 23.2 Å². The quantitative estimate of drug-likeness (QED) is 0.699. The summed E-state index contributed by atoms with van der Waals surface area (Å²) in [5.41, 5.74) is 0.880. The van der Waals surface area contributed by atoms with Gasteiger partial charge in [0.25, 0.3) is 0 Å². The third-order valence-corrected chi connectivity index (χ3v) is 3.71. The van der Waals surface area contributed by atoms with Crippen molar-refractivity contribution in [3.63, 3.8) is 0 Å². The predicted molar refractivity (Wildman–Crippen MR) is 82.9 cm³/mol. The Morgan fingerprint density at radius 3 is 2.47 bits per heavy atom. The summed E-state index contributed by atoms with van der Waals surface area (Å²) in [6.07, 6.45) is 3.91. The fourth-order valence-corrected chi connectivity index (χ4v) is 2.00. The monoisotopic (exact) mass is 299 g/mol. The molecule has 4 heteroatoms. The van der Waals surface area contributed by atoms with Crippen LogP contribution in [0.1, 0.15) is 25.8 Å². The molecule has 1 aromatic carbocycles. The summed E-state index contributed by atoms with van der Waals surface area (Å²) in [6, 6.07) is 5.31. The Kier molecular flexibility index (Phi) is 7.14. The van der Waals surface area contributed by atoms with E-state index in [0.29, 0.717) is 16.5 Å². The number of carbonyl (C=O) groups is 1. The molecule has 0 unspecified atom stereocenters. The summed E-state index contributed by atoms with van der Waals surface area (Å²) in [4.78, 5) is 14.0. The minimum Gasteiger partial charge on any atom is -0.303 e. The van der Waals surface area contributed by atoms with Crippen LogP contribution in [0.25, 0.3) is 6.08 Å². The summed E-state index contributed by atoms with van der Waals surface area (Å²) in [5, 5.41) is 1.02. The van der Waals surface area contributed by atoms with Crippen LogP contribution in [0.3, 0.4) is 0 Å². The van der Waals surface area contributed by atoms with E-state index in [4.69, 9.17) is 23.2 Å². The summed E-state index contributed by atoms with van der Waals surface area (Å²) < 4.78 is 0. The Bertz CT molecular complexity index is 453. The number of halogens is 2. The Morgan fingerprint density at radius 2 is 1.89 bits per heavy atom. The van der Waals surface area contributed by atoms with E-state index in [2.05, 4.69) is 18.7 Å². The van der Waals surface area contributed by atoms with Crippen molar-refractivity contribution in [3.05, 3.63) is 39.9 Å². The Balaban J connectivity index is 2.51. The van der Waals surface area contributed by atoms with Gasteiger partial charge in [-0.1, -0.05) is 49.2 Å². The van der Waals surface area contributed by atoms with E-state index in [0.717, 1.165) is 25.2 Å². The average Bonchev–Trinajstić information content (AvgIpc) is 2.41. The molecule has 0 heterocycles. The lowest BCUT2D eigenvalue weighted by atomic mass is 10.1. The largest absolute Gasteiger partial charge is 0.303 e. The van der Waals surface area contributed by atoms with E-state index in [1.165, 1.54) is 0 Å². The fourth-order valence-electron chi connectivity index (χ4n) is 1.70. The van der Waals surface area contributed by atoms with Crippen molar-refractivity contribution in [2.24, 2.45) is 0 Å². The number of nitrogens with zero attached hydrogens (tertiary/aromatic N) is 1. The number of ketones is 1. The van der Waals surface area contributed by atoms with Gasteiger partial charge < -0.3 is 4.90 Å². The van der Waals surface area contributed by atoms with Gasteiger partial charge in [-0.2, -0.15) is 0 Å². The Labute approximate surface area is 125 Å². The molecule has 0 bridgehead atoms. The molecule has 0 amide bonds. The molecule has 1 rings (SSSR count). The first-order valence-corrected chi connectivity index (χ1v) is 7.20. The van der Waals surface area contributed by atoms with Crippen LogP contribution in [0.4, 0.5) is 0 Å². The van der Waals surface area contributed by atoms with E-state index < -0.39 is 0 Å². The molecular weight excluding hydrogens is 281 g/mol. The highest BCUT2D eigenvalue weighted by atomic mass is 35.5. The highest BCUT2D eigenvalue weighted by molar-refractivity contribution is 6.42. The predicted octanol–water partition coefficient (Wildman–Crippen LogP) is 4.31. The van der Waals surface area contributed by atoms with Gasteiger partial charge in [0.1, 0.15) is 0 Å². The molecule has 0 saturated carbocycles. The maximum Gasteiger partial charge on any atom is 0.156 e. The van der Waals surface area contributed by atoms with Crippen LogP contribution < -0.4 is 0 Å². The van der Waals surface area contributed by atoms with Gasteiger partial charge in [0.05, 0.1) is 10.0 Å². The van der Waals surface area contributed by atoms with Gasteiger partial charge in [-0.15, -0.1) is 0 Å². The van der Waals surface area contributed by atoms with Gasteiger partial charge in [0, 0.05) is 13.0 Å². The Hall–Kier alpha value is -0.830. The zero-order valence-electron chi connectivity index (χ0n) is 11.3. The smallest absolute Gasteiger partial charge is 0.156 e. The molecule has 1 aromatic rings. The van der Waals surface area contributed by atoms with E-state index in [1.54, 1.807) is 24.3 Å². The number of carbonyl (C=O) groups excluding carboxylic acids is 1. The van der Waals surface area contributed by atoms with E-state index in [1.807, 2.05) is 6.07 Å². The lowest BCUT2D eigenvalue weighted by Crippen LogP contribution is -2.25. The number of hydrogen-bond donors (Lipinski definition) is 0. The molecule has 0 spiro atoms. The van der Waals surface area contributed by atoms with Gasteiger partial charge in [-0.25, -0.2) is 0 Å². The molecule has 0 saturated heterocycles. The van der Waals surface area contributed by atoms with Crippen molar-refractivity contribution in [2.45, 2.75) is 20.3 Å². The van der Waals surface area contributed by atoms with E-state index in [-0.39, 0.29) is 5.78 Å². The fraction of sp³-hybridized carbons (Fsp3) is 0.400. The van der Waals surface area contributed by atoms with Crippen LogP contribution in [0.5, 0.6) is 0 Å². The number of rotatable bonds is 7. The normalized spacial score (nSPS) is 11.4. The summed E-state index contributed by atoms with van der Waals surface area (Å²) in [5.74, 6) is 0.123. The summed E-state index contributed by atoms with van der Waals surface area (Å²) in [6.45, 7) is 6.94. The molecule has 0 atom stereocenters. The van der Waals surface area contributed by atoms with Gasteiger partial charge in [-0.05, 0) is 36.9 Å². The molecule has 0 N–H and O–H groups in total. The zero-order chi connectivity index (χ0) is 14.3. The van der Waals surface area contributed by atoms with Crippen LogP contribution in [-0.2, 0) is 4.79 Å².